The molecule has 15 heavy (non-hydrogen) atoms. The normalized spacial score (nSPS) is 22.9. The van der Waals surface area contributed by atoms with E-state index in [2.05, 4.69) is 0 Å². The average molecular weight is 212 g/mol. The summed E-state index contributed by atoms with van der Waals surface area (Å²) in [4.78, 5) is 0. The fraction of sp³-hybridized carbons (Fsp3) is 0.667. The Hall–Kier alpha value is -0.640. The van der Waals surface area contributed by atoms with Gasteiger partial charge in [0.05, 0.1) is 13.2 Å². The summed E-state index contributed by atoms with van der Waals surface area (Å²) >= 11 is 0. The van der Waals surface area contributed by atoms with Crippen LogP contribution in [-0.2, 0) is 9.47 Å². The number of aliphatic hydroxyl groups is 1. The molecule has 0 aromatic carbocycles. The van der Waals surface area contributed by atoms with Crippen molar-refractivity contribution in [1.29, 1.82) is 0 Å². The van der Waals surface area contributed by atoms with E-state index in [0.717, 1.165) is 25.9 Å². The number of ether oxygens (including phenoxy) is 2. The minimum absolute atomic E-state index is 0.0140. The molecule has 1 aliphatic heterocycles. The summed E-state index contributed by atoms with van der Waals surface area (Å²) in [5, 5.41) is 8.48. The van der Waals surface area contributed by atoms with Gasteiger partial charge >= 0.3 is 0 Å². The molecular weight excluding hydrogens is 192 g/mol. The van der Waals surface area contributed by atoms with Gasteiger partial charge in [-0.2, -0.15) is 0 Å². The van der Waals surface area contributed by atoms with Crippen LogP contribution in [0.15, 0.2) is 24.3 Å². The van der Waals surface area contributed by atoms with Crippen molar-refractivity contribution in [2.24, 2.45) is 0 Å². The van der Waals surface area contributed by atoms with Crippen molar-refractivity contribution in [2.75, 3.05) is 19.8 Å². The quantitative estimate of drug-likeness (QED) is 0.541. The molecule has 86 valence electrons. The first kappa shape index (κ1) is 12.4. The summed E-state index contributed by atoms with van der Waals surface area (Å²) in [5.74, 6) is 0. The highest BCUT2D eigenvalue weighted by atomic mass is 16.7. The molecule has 1 heterocycles. The van der Waals surface area contributed by atoms with Crippen molar-refractivity contribution >= 4 is 0 Å². The number of allylic oxidation sites excluding steroid dienone is 2. The molecule has 0 spiro atoms. The molecule has 3 heteroatoms. The molecule has 1 unspecified atom stereocenters. The summed E-state index contributed by atoms with van der Waals surface area (Å²) in [5.41, 5.74) is 0. The first-order chi connectivity index (χ1) is 7.43. The molecule has 0 saturated carbocycles. The summed E-state index contributed by atoms with van der Waals surface area (Å²) in [6.07, 6.45) is 11.8. The minimum atomic E-state index is 0.0140. The fourth-order valence-corrected chi connectivity index (χ4v) is 1.42. The van der Waals surface area contributed by atoms with Gasteiger partial charge in [-0.05, 0) is 25.7 Å². The Bertz CT molecular complexity index is 193. The van der Waals surface area contributed by atoms with Gasteiger partial charge in [-0.3, -0.25) is 0 Å². The smallest absolute Gasteiger partial charge is 0.157 e. The van der Waals surface area contributed by atoms with E-state index in [9.17, 15) is 0 Å². The van der Waals surface area contributed by atoms with E-state index in [1.807, 2.05) is 18.2 Å². The molecule has 1 aliphatic rings. The second-order valence-corrected chi connectivity index (χ2v) is 3.49. The van der Waals surface area contributed by atoms with Gasteiger partial charge < -0.3 is 14.6 Å². The molecule has 1 saturated heterocycles. The molecule has 0 aromatic heterocycles. The summed E-state index contributed by atoms with van der Waals surface area (Å²) < 4.78 is 11.0. The molecule has 0 radical (unpaired) electrons. The summed E-state index contributed by atoms with van der Waals surface area (Å²) in [7, 11) is 0. The van der Waals surface area contributed by atoms with Crippen molar-refractivity contribution in [3.63, 3.8) is 0 Å². The number of aliphatic hydroxyl groups excluding tert-OH is 1. The summed E-state index contributed by atoms with van der Waals surface area (Å²) in [6, 6.07) is 0. The van der Waals surface area contributed by atoms with Crippen LogP contribution in [0.25, 0.3) is 0 Å². The molecule has 0 aliphatic carbocycles. The van der Waals surface area contributed by atoms with Gasteiger partial charge in [-0.25, -0.2) is 0 Å². The van der Waals surface area contributed by atoms with E-state index in [4.69, 9.17) is 14.6 Å². The zero-order valence-electron chi connectivity index (χ0n) is 9.10. The largest absolute Gasteiger partial charge is 0.392 e. The first-order valence-corrected chi connectivity index (χ1v) is 5.59. The van der Waals surface area contributed by atoms with Crippen LogP contribution in [0.5, 0.6) is 0 Å². The van der Waals surface area contributed by atoms with Crippen LogP contribution in [0.1, 0.15) is 25.7 Å². The SMILES string of the molecule is OC/C=C/C=C/CCOC1CCCCO1. The van der Waals surface area contributed by atoms with Crippen molar-refractivity contribution < 1.29 is 14.6 Å². The monoisotopic (exact) mass is 212 g/mol. The average Bonchev–Trinajstić information content (AvgIpc) is 2.29. The molecule has 0 aromatic rings. The van der Waals surface area contributed by atoms with Gasteiger partial charge in [-0.1, -0.05) is 24.3 Å². The molecule has 1 atom stereocenters. The Kier molecular flexibility index (Phi) is 7.17. The van der Waals surface area contributed by atoms with E-state index in [1.165, 1.54) is 6.42 Å². The van der Waals surface area contributed by atoms with Crippen LogP contribution < -0.4 is 0 Å². The molecular formula is C12H20O3. The predicted molar refractivity (Wildman–Crippen MR) is 59.5 cm³/mol. The van der Waals surface area contributed by atoms with Crippen LogP contribution >= 0.6 is 0 Å². The lowest BCUT2D eigenvalue weighted by molar-refractivity contribution is -0.161. The zero-order valence-corrected chi connectivity index (χ0v) is 9.10. The second kappa shape index (κ2) is 8.65. The first-order valence-electron chi connectivity index (χ1n) is 5.59. The molecule has 0 amide bonds. The molecule has 0 bridgehead atoms. The molecule has 3 nitrogen and oxygen atoms in total. The Morgan fingerprint density at radius 3 is 2.87 bits per heavy atom. The lowest BCUT2D eigenvalue weighted by Crippen LogP contribution is -2.22. The van der Waals surface area contributed by atoms with E-state index in [1.54, 1.807) is 6.08 Å². The maximum Gasteiger partial charge on any atom is 0.157 e. The third kappa shape index (κ3) is 6.44. The Labute approximate surface area is 91.4 Å². The minimum Gasteiger partial charge on any atom is -0.392 e. The van der Waals surface area contributed by atoms with Crippen LogP contribution in [0, 0.1) is 0 Å². The van der Waals surface area contributed by atoms with Gasteiger partial charge in [0.25, 0.3) is 0 Å². The van der Waals surface area contributed by atoms with Crippen molar-refractivity contribution in [1.82, 2.24) is 0 Å². The molecule has 1 rings (SSSR count). The third-order valence-electron chi connectivity index (χ3n) is 2.21. The van der Waals surface area contributed by atoms with Crippen LogP contribution in [-0.4, -0.2) is 31.2 Å². The van der Waals surface area contributed by atoms with Crippen molar-refractivity contribution in [3.05, 3.63) is 24.3 Å². The van der Waals surface area contributed by atoms with E-state index < -0.39 is 0 Å². The van der Waals surface area contributed by atoms with Gasteiger partial charge in [0.15, 0.2) is 6.29 Å². The highest BCUT2D eigenvalue weighted by Gasteiger charge is 2.12. The predicted octanol–water partition coefficient (Wildman–Crippen LogP) is 2.02. The van der Waals surface area contributed by atoms with Crippen LogP contribution in [0.4, 0.5) is 0 Å². The third-order valence-corrected chi connectivity index (χ3v) is 2.21. The van der Waals surface area contributed by atoms with Gasteiger partial charge in [0.1, 0.15) is 0 Å². The number of hydrogen-bond acceptors (Lipinski definition) is 3. The molecule has 1 N–H and O–H groups in total. The highest BCUT2D eigenvalue weighted by Crippen LogP contribution is 2.13. The second-order valence-electron chi connectivity index (χ2n) is 3.49. The zero-order chi connectivity index (χ0) is 10.8. The van der Waals surface area contributed by atoms with Crippen LogP contribution in [0.3, 0.4) is 0 Å². The lowest BCUT2D eigenvalue weighted by atomic mass is 10.2. The van der Waals surface area contributed by atoms with Crippen LogP contribution in [0.2, 0.25) is 0 Å². The van der Waals surface area contributed by atoms with Crippen molar-refractivity contribution in [3.8, 4) is 0 Å². The summed E-state index contributed by atoms with van der Waals surface area (Å²) in [6.45, 7) is 1.63. The van der Waals surface area contributed by atoms with Gasteiger partial charge in [0.2, 0.25) is 0 Å². The fourth-order valence-electron chi connectivity index (χ4n) is 1.42. The lowest BCUT2D eigenvalue weighted by Gasteiger charge is -2.22. The van der Waals surface area contributed by atoms with Gasteiger partial charge in [0, 0.05) is 6.61 Å². The Balaban J connectivity index is 1.95. The number of hydrogen-bond donors (Lipinski definition) is 1. The highest BCUT2D eigenvalue weighted by molar-refractivity contribution is 5.02. The Morgan fingerprint density at radius 1 is 1.27 bits per heavy atom. The molecule has 1 fully saturated rings. The van der Waals surface area contributed by atoms with E-state index in [-0.39, 0.29) is 12.9 Å². The standard InChI is InChI=1S/C12H20O3/c13-9-5-2-1-3-6-10-14-12-8-4-7-11-15-12/h1-3,5,12-13H,4,6-11H2/b3-1+,5-2+. The number of rotatable bonds is 6. The van der Waals surface area contributed by atoms with E-state index in [0.29, 0.717) is 6.61 Å². The Morgan fingerprint density at radius 2 is 2.13 bits per heavy atom. The topological polar surface area (TPSA) is 38.7 Å². The van der Waals surface area contributed by atoms with Gasteiger partial charge in [-0.15, -0.1) is 0 Å². The maximum absolute atomic E-state index is 8.48. The maximum atomic E-state index is 8.48. The van der Waals surface area contributed by atoms with E-state index >= 15 is 0 Å². The van der Waals surface area contributed by atoms with Crippen molar-refractivity contribution in [2.45, 2.75) is 32.0 Å².